The number of fused-ring (bicyclic) bond motifs is 1. The van der Waals surface area contributed by atoms with E-state index in [0.29, 0.717) is 12.4 Å². The maximum Gasteiger partial charge on any atom is 0.312 e. The van der Waals surface area contributed by atoms with Crippen molar-refractivity contribution in [3.05, 3.63) is 89.5 Å². The lowest BCUT2D eigenvalue weighted by molar-refractivity contribution is -0.135. The zero-order valence-electron chi connectivity index (χ0n) is 14.8. The normalized spacial score (nSPS) is 15.7. The van der Waals surface area contributed by atoms with Crippen molar-refractivity contribution in [2.75, 3.05) is 6.61 Å². The van der Waals surface area contributed by atoms with Gasteiger partial charge in [-0.3, -0.25) is 4.79 Å². The zero-order valence-corrected chi connectivity index (χ0v) is 14.8. The summed E-state index contributed by atoms with van der Waals surface area (Å²) in [4.78, 5) is 11.9. The number of hydrogen-bond donors (Lipinski definition) is 1. The van der Waals surface area contributed by atoms with Crippen molar-refractivity contribution in [1.82, 2.24) is 0 Å². The van der Waals surface area contributed by atoms with Crippen molar-refractivity contribution < 1.29 is 19.4 Å². The number of hydrogen-bond acceptors (Lipinski definition) is 4. The summed E-state index contributed by atoms with van der Waals surface area (Å²) in [5.74, 6) is 0.948. The standard InChI is InChI=1S/C23H20O4/c24-18-8-11-20-21(15-23(25)27-22(20)14-18)17-6-9-19(10-7-17)26-13-12-16-4-2-1-3-5-16/h1-11,14,21,24H,12-13,15H2. The van der Waals surface area contributed by atoms with E-state index in [1.165, 1.54) is 11.6 Å². The van der Waals surface area contributed by atoms with Crippen molar-refractivity contribution in [2.45, 2.75) is 18.8 Å². The van der Waals surface area contributed by atoms with Gasteiger partial charge in [-0.25, -0.2) is 0 Å². The van der Waals surface area contributed by atoms with Gasteiger partial charge in [-0.15, -0.1) is 0 Å². The van der Waals surface area contributed by atoms with Gasteiger partial charge in [0.25, 0.3) is 0 Å². The van der Waals surface area contributed by atoms with Gasteiger partial charge in [0, 0.05) is 24.0 Å². The number of carbonyl (C=O) groups is 1. The van der Waals surface area contributed by atoms with Crippen LogP contribution in [-0.4, -0.2) is 17.7 Å². The molecule has 0 bridgehead atoms. The molecule has 1 unspecified atom stereocenters. The molecule has 27 heavy (non-hydrogen) atoms. The molecule has 1 heterocycles. The van der Waals surface area contributed by atoms with Crippen molar-refractivity contribution >= 4 is 5.97 Å². The largest absolute Gasteiger partial charge is 0.508 e. The van der Waals surface area contributed by atoms with Crippen molar-refractivity contribution in [3.63, 3.8) is 0 Å². The third-order valence-electron chi connectivity index (χ3n) is 4.75. The van der Waals surface area contributed by atoms with Crippen LogP contribution in [0.5, 0.6) is 17.2 Å². The Balaban J connectivity index is 1.45. The Bertz CT molecular complexity index is 932. The molecule has 1 N–H and O–H groups in total. The highest BCUT2D eigenvalue weighted by atomic mass is 16.5. The highest BCUT2D eigenvalue weighted by molar-refractivity contribution is 5.78. The van der Waals surface area contributed by atoms with Crippen LogP contribution >= 0.6 is 0 Å². The number of rotatable bonds is 5. The van der Waals surface area contributed by atoms with Gasteiger partial charge in [0.15, 0.2) is 0 Å². The first-order valence-corrected chi connectivity index (χ1v) is 8.99. The first-order valence-electron chi connectivity index (χ1n) is 8.99. The fraction of sp³-hybridized carbons (Fsp3) is 0.174. The number of benzene rings is 3. The van der Waals surface area contributed by atoms with Gasteiger partial charge >= 0.3 is 5.97 Å². The second kappa shape index (κ2) is 7.54. The van der Waals surface area contributed by atoms with Gasteiger partial charge in [0.2, 0.25) is 0 Å². The predicted octanol–water partition coefficient (Wildman–Crippen LogP) is 4.45. The number of phenols is 1. The molecule has 136 valence electrons. The predicted molar refractivity (Wildman–Crippen MR) is 102 cm³/mol. The first-order chi connectivity index (χ1) is 13.2. The van der Waals surface area contributed by atoms with Gasteiger partial charge in [-0.2, -0.15) is 0 Å². The SMILES string of the molecule is O=C1CC(c2ccc(OCCc3ccccc3)cc2)c2ccc(O)cc2O1. The Hall–Kier alpha value is -3.27. The Morgan fingerprint density at radius 1 is 1.00 bits per heavy atom. The Morgan fingerprint density at radius 2 is 1.78 bits per heavy atom. The van der Waals surface area contributed by atoms with E-state index in [1.54, 1.807) is 6.07 Å². The molecular formula is C23H20O4. The molecule has 0 spiro atoms. The molecule has 0 saturated heterocycles. The molecule has 3 aromatic rings. The van der Waals surface area contributed by atoms with E-state index in [2.05, 4.69) is 12.1 Å². The van der Waals surface area contributed by atoms with Crippen LogP contribution in [0.4, 0.5) is 0 Å². The highest BCUT2D eigenvalue weighted by Gasteiger charge is 2.28. The van der Waals surface area contributed by atoms with Gasteiger partial charge in [0.1, 0.15) is 17.2 Å². The second-order valence-electron chi connectivity index (χ2n) is 6.61. The monoisotopic (exact) mass is 360 g/mol. The van der Waals surface area contributed by atoms with Crippen LogP contribution < -0.4 is 9.47 Å². The van der Waals surface area contributed by atoms with Gasteiger partial charge < -0.3 is 14.6 Å². The molecule has 1 aliphatic rings. The van der Waals surface area contributed by atoms with Gasteiger partial charge in [-0.1, -0.05) is 48.5 Å². The molecule has 4 rings (SSSR count). The fourth-order valence-corrected chi connectivity index (χ4v) is 3.37. The van der Waals surface area contributed by atoms with E-state index in [4.69, 9.17) is 9.47 Å². The summed E-state index contributed by atoms with van der Waals surface area (Å²) in [5.41, 5.74) is 3.17. The molecule has 0 aliphatic carbocycles. The van der Waals surface area contributed by atoms with Crippen LogP contribution in [-0.2, 0) is 11.2 Å². The molecule has 0 saturated carbocycles. The number of ether oxygens (including phenoxy) is 2. The second-order valence-corrected chi connectivity index (χ2v) is 6.61. The van der Waals surface area contributed by atoms with Crippen LogP contribution in [0, 0.1) is 0 Å². The summed E-state index contributed by atoms with van der Waals surface area (Å²) < 4.78 is 11.1. The van der Waals surface area contributed by atoms with E-state index in [9.17, 15) is 9.90 Å². The van der Waals surface area contributed by atoms with Crippen LogP contribution in [0.2, 0.25) is 0 Å². The lowest BCUT2D eigenvalue weighted by Crippen LogP contribution is -2.20. The van der Waals surface area contributed by atoms with Crippen LogP contribution in [0.15, 0.2) is 72.8 Å². The molecule has 4 nitrogen and oxygen atoms in total. The van der Waals surface area contributed by atoms with Crippen molar-refractivity contribution in [1.29, 1.82) is 0 Å². The molecule has 0 amide bonds. The van der Waals surface area contributed by atoms with Gasteiger partial charge in [-0.05, 0) is 29.3 Å². The average Bonchev–Trinajstić information content (AvgIpc) is 2.68. The molecule has 0 fully saturated rings. The van der Waals surface area contributed by atoms with E-state index in [-0.39, 0.29) is 24.1 Å². The summed E-state index contributed by atoms with van der Waals surface area (Å²) in [6, 6.07) is 23.0. The minimum atomic E-state index is -0.290. The Labute approximate surface area is 158 Å². The smallest absolute Gasteiger partial charge is 0.312 e. The van der Waals surface area contributed by atoms with Gasteiger partial charge in [0.05, 0.1) is 13.0 Å². The lowest BCUT2D eigenvalue weighted by Gasteiger charge is -2.25. The molecule has 4 heteroatoms. The Kier molecular flexibility index (Phi) is 4.79. The number of phenolic OH excluding ortho intramolecular Hbond substituents is 1. The third-order valence-corrected chi connectivity index (χ3v) is 4.75. The number of esters is 1. The Morgan fingerprint density at radius 3 is 2.56 bits per heavy atom. The summed E-state index contributed by atoms with van der Waals surface area (Å²) in [5, 5.41) is 9.62. The minimum absolute atomic E-state index is 0.0831. The maximum atomic E-state index is 11.9. The molecule has 1 aliphatic heterocycles. The first kappa shape index (κ1) is 17.2. The summed E-state index contributed by atoms with van der Waals surface area (Å²) in [7, 11) is 0. The van der Waals surface area contributed by atoms with E-state index >= 15 is 0 Å². The lowest BCUT2D eigenvalue weighted by atomic mass is 9.86. The van der Waals surface area contributed by atoms with Crippen molar-refractivity contribution in [2.24, 2.45) is 0 Å². The van der Waals surface area contributed by atoms with E-state index in [1.807, 2.05) is 48.5 Å². The average molecular weight is 360 g/mol. The van der Waals surface area contributed by atoms with E-state index < -0.39 is 0 Å². The molecular weight excluding hydrogens is 340 g/mol. The molecule has 0 radical (unpaired) electrons. The highest BCUT2D eigenvalue weighted by Crippen LogP contribution is 2.40. The molecule has 0 aromatic heterocycles. The molecule has 1 atom stereocenters. The molecule has 3 aromatic carbocycles. The summed E-state index contributed by atoms with van der Waals surface area (Å²) in [6.07, 6.45) is 1.14. The quantitative estimate of drug-likeness (QED) is 0.539. The van der Waals surface area contributed by atoms with Crippen molar-refractivity contribution in [3.8, 4) is 17.2 Å². The maximum absolute atomic E-state index is 11.9. The van der Waals surface area contributed by atoms with Crippen LogP contribution in [0.1, 0.15) is 29.0 Å². The van der Waals surface area contributed by atoms with Crippen LogP contribution in [0.25, 0.3) is 0 Å². The number of aromatic hydroxyl groups is 1. The minimum Gasteiger partial charge on any atom is -0.508 e. The summed E-state index contributed by atoms with van der Waals surface area (Å²) >= 11 is 0. The summed E-state index contributed by atoms with van der Waals surface area (Å²) in [6.45, 7) is 0.612. The fourth-order valence-electron chi connectivity index (χ4n) is 3.37. The topological polar surface area (TPSA) is 55.8 Å². The number of carbonyl (C=O) groups excluding carboxylic acids is 1. The van der Waals surface area contributed by atoms with Crippen LogP contribution in [0.3, 0.4) is 0 Å². The van der Waals surface area contributed by atoms with E-state index in [0.717, 1.165) is 23.3 Å². The zero-order chi connectivity index (χ0) is 18.6. The third kappa shape index (κ3) is 3.95.